The fourth-order valence-corrected chi connectivity index (χ4v) is 4.23. The third-order valence-corrected chi connectivity index (χ3v) is 6.53. The molecule has 5 nitrogen and oxygen atoms in total. The van der Waals surface area contributed by atoms with Gasteiger partial charge in [0.1, 0.15) is 6.04 Å². The van der Waals surface area contributed by atoms with Crippen LogP contribution in [0.4, 0.5) is 5.69 Å². The summed E-state index contributed by atoms with van der Waals surface area (Å²) in [6.07, 6.45) is 2.28. The third kappa shape index (κ3) is 6.24. The molecular formula is C19H23ClN2O3S2. The maximum atomic E-state index is 12.7. The molecule has 1 atom stereocenters. The van der Waals surface area contributed by atoms with Crippen molar-refractivity contribution in [1.29, 1.82) is 0 Å². The van der Waals surface area contributed by atoms with Gasteiger partial charge in [-0.05, 0) is 62.1 Å². The molecule has 0 aliphatic carbocycles. The van der Waals surface area contributed by atoms with Crippen LogP contribution in [0.1, 0.15) is 17.5 Å². The van der Waals surface area contributed by atoms with Crippen LogP contribution in [0.5, 0.6) is 0 Å². The molecule has 0 aliphatic heterocycles. The van der Waals surface area contributed by atoms with Crippen molar-refractivity contribution in [1.82, 2.24) is 4.72 Å². The van der Waals surface area contributed by atoms with Crippen molar-refractivity contribution in [3.63, 3.8) is 0 Å². The van der Waals surface area contributed by atoms with Gasteiger partial charge in [0.2, 0.25) is 15.9 Å². The zero-order chi connectivity index (χ0) is 20.0. The SMILES string of the molecule is CSCCC(NS(=O)(=O)c1ccc(C)cc1)C(=O)Nc1ccc(C)c(Cl)c1. The predicted octanol–water partition coefficient (Wildman–Crippen LogP) is 4.00. The van der Waals surface area contributed by atoms with E-state index < -0.39 is 22.0 Å². The van der Waals surface area contributed by atoms with E-state index >= 15 is 0 Å². The second-order valence-electron chi connectivity index (χ2n) is 6.22. The van der Waals surface area contributed by atoms with Crippen molar-refractivity contribution in [3.8, 4) is 0 Å². The molecule has 0 spiro atoms. The van der Waals surface area contributed by atoms with E-state index in [1.165, 1.54) is 12.1 Å². The van der Waals surface area contributed by atoms with Gasteiger partial charge in [0.25, 0.3) is 0 Å². The Labute approximate surface area is 169 Å². The second kappa shape index (κ2) is 9.59. The number of carbonyl (C=O) groups excluding carboxylic acids is 1. The zero-order valence-electron chi connectivity index (χ0n) is 15.5. The van der Waals surface area contributed by atoms with E-state index in [-0.39, 0.29) is 4.90 Å². The van der Waals surface area contributed by atoms with E-state index in [2.05, 4.69) is 10.0 Å². The van der Waals surface area contributed by atoms with Crippen molar-refractivity contribution in [2.45, 2.75) is 31.2 Å². The number of anilines is 1. The molecule has 1 amide bonds. The number of thioether (sulfide) groups is 1. The molecule has 27 heavy (non-hydrogen) atoms. The molecule has 0 bridgehead atoms. The van der Waals surface area contributed by atoms with Gasteiger partial charge in [0.15, 0.2) is 0 Å². The Morgan fingerprint density at radius 2 is 1.81 bits per heavy atom. The number of nitrogens with one attached hydrogen (secondary N) is 2. The molecule has 1 unspecified atom stereocenters. The Hall–Kier alpha value is -1.54. The van der Waals surface area contributed by atoms with Crippen LogP contribution in [0.2, 0.25) is 5.02 Å². The van der Waals surface area contributed by atoms with E-state index in [0.29, 0.717) is 22.9 Å². The maximum absolute atomic E-state index is 12.7. The van der Waals surface area contributed by atoms with Gasteiger partial charge in [-0.15, -0.1) is 0 Å². The molecule has 0 aliphatic rings. The standard InChI is InChI=1S/C19H23ClN2O3S2/c1-13-4-8-16(9-5-13)27(24,25)22-18(10-11-26-3)19(23)21-15-7-6-14(2)17(20)12-15/h4-9,12,18,22H,10-11H2,1-3H3,(H,21,23). The van der Waals surface area contributed by atoms with E-state index in [0.717, 1.165) is 11.1 Å². The highest BCUT2D eigenvalue weighted by Crippen LogP contribution is 2.20. The molecule has 2 rings (SSSR count). The summed E-state index contributed by atoms with van der Waals surface area (Å²) in [7, 11) is -3.81. The lowest BCUT2D eigenvalue weighted by Gasteiger charge is -2.18. The number of carbonyl (C=O) groups is 1. The normalized spacial score (nSPS) is 12.6. The molecule has 2 N–H and O–H groups in total. The monoisotopic (exact) mass is 426 g/mol. The average Bonchev–Trinajstić information content (AvgIpc) is 2.62. The first-order valence-corrected chi connectivity index (χ1v) is 11.6. The minimum Gasteiger partial charge on any atom is -0.325 e. The Kier molecular flexibility index (Phi) is 7.73. The number of sulfonamides is 1. The number of hydrogen-bond acceptors (Lipinski definition) is 4. The van der Waals surface area contributed by atoms with Crippen LogP contribution in [0.15, 0.2) is 47.4 Å². The molecule has 0 radical (unpaired) electrons. The molecule has 8 heteroatoms. The molecule has 0 saturated heterocycles. The number of hydrogen-bond donors (Lipinski definition) is 2. The fraction of sp³-hybridized carbons (Fsp3) is 0.316. The lowest BCUT2D eigenvalue weighted by Crippen LogP contribution is -2.44. The first kappa shape index (κ1) is 21.8. The molecule has 0 heterocycles. The average molecular weight is 427 g/mol. The fourth-order valence-electron chi connectivity index (χ4n) is 2.35. The summed E-state index contributed by atoms with van der Waals surface area (Å²) in [5, 5.41) is 3.28. The summed E-state index contributed by atoms with van der Waals surface area (Å²) in [4.78, 5) is 12.8. The summed E-state index contributed by atoms with van der Waals surface area (Å²) in [5.41, 5.74) is 2.38. The molecule has 2 aromatic rings. The van der Waals surface area contributed by atoms with Gasteiger partial charge < -0.3 is 5.32 Å². The minimum absolute atomic E-state index is 0.133. The van der Waals surface area contributed by atoms with Crippen LogP contribution in [-0.4, -0.2) is 32.4 Å². The summed E-state index contributed by atoms with van der Waals surface area (Å²) in [6.45, 7) is 3.75. The van der Waals surface area contributed by atoms with Crippen molar-refractivity contribution in [2.24, 2.45) is 0 Å². The summed E-state index contributed by atoms with van der Waals surface area (Å²) < 4.78 is 27.8. The van der Waals surface area contributed by atoms with Gasteiger partial charge in [-0.25, -0.2) is 8.42 Å². The first-order valence-electron chi connectivity index (χ1n) is 8.38. The zero-order valence-corrected chi connectivity index (χ0v) is 17.8. The third-order valence-electron chi connectivity index (χ3n) is 4.00. The molecule has 146 valence electrons. The molecular weight excluding hydrogens is 404 g/mol. The van der Waals surface area contributed by atoms with Gasteiger partial charge >= 0.3 is 0 Å². The van der Waals surface area contributed by atoms with Gasteiger partial charge in [-0.3, -0.25) is 4.79 Å². The molecule has 0 saturated carbocycles. The van der Waals surface area contributed by atoms with Crippen molar-refractivity contribution in [3.05, 3.63) is 58.6 Å². The van der Waals surface area contributed by atoms with Gasteiger partial charge in [-0.2, -0.15) is 16.5 Å². The predicted molar refractivity (Wildman–Crippen MR) is 113 cm³/mol. The van der Waals surface area contributed by atoms with E-state index in [4.69, 9.17) is 11.6 Å². The first-order chi connectivity index (χ1) is 12.7. The van der Waals surface area contributed by atoms with Crippen LogP contribution in [0.3, 0.4) is 0 Å². The number of halogens is 1. The summed E-state index contributed by atoms with van der Waals surface area (Å²) in [6, 6.07) is 10.8. The largest absolute Gasteiger partial charge is 0.325 e. The Balaban J connectivity index is 2.18. The van der Waals surface area contributed by atoms with Crippen molar-refractivity contribution >= 4 is 45.0 Å². The van der Waals surface area contributed by atoms with E-state index in [1.807, 2.05) is 20.1 Å². The number of benzene rings is 2. The van der Waals surface area contributed by atoms with E-state index in [1.54, 1.807) is 42.1 Å². The second-order valence-corrected chi connectivity index (χ2v) is 9.33. The Bertz CT molecular complexity index is 900. The highest BCUT2D eigenvalue weighted by atomic mass is 35.5. The van der Waals surface area contributed by atoms with E-state index in [9.17, 15) is 13.2 Å². The van der Waals surface area contributed by atoms with Gasteiger partial charge in [0, 0.05) is 10.7 Å². The lowest BCUT2D eigenvalue weighted by atomic mass is 10.2. The van der Waals surface area contributed by atoms with Crippen LogP contribution in [0, 0.1) is 13.8 Å². The Morgan fingerprint density at radius 1 is 1.15 bits per heavy atom. The molecule has 0 fully saturated rings. The smallest absolute Gasteiger partial charge is 0.242 e. The van der Waals surface area contributed by atoms with Crippen molar-refractivity contribution in [2.75, 3.05) is 17.3 Å². The number of rotatable bonds is 8. The van der Waals surface area contributed by atoms with Crippen LogP contribution >= 0.6 is 23.4 Å². The van der Waals surface area contributed by atoms with Crippen LogP contribution in [-0.2, 0) is 14.8 Å². The maximum Gasteiger partial charge on any atom is 0.242 e. The quantitative estimate of drug-likeness (QED) is 0.669. The number of amides is 1. The Morgan fingerprint density at radius 3 is 2.41 bits per heavy atom. The minimum atomic E-state index is -3.81. The van der Waals surface area contributed by atoms with Crippen LogP contribution in [0.25, 0.3) is 0 Å². The summed E-state index contributed by atoms with van der Waals surface area (Å²) in [5.74, 6) is 0.225. The topological polar surface area (TPSA) is 75.3 Å². The summed E-state index contributed by atoms with van der Waals surface area (Å²) >= 11 is 7.64. The highest BCUT2D eigenvalue weighted by Gasteiger charge is 2.25. The molecule has 2 aromatic carbocycles. The van der Waals surface area contributed by atoms with Crippen LogP contribution < -0.4 is 10.0 Å². The molecule has 0 aromatic heterocycles. The lowest BCUT2D eigenvalue weighted by molar-refractivity contribution is -0.117. The van der Waals surface area contributed by atoms with Gasteiger partial charge in [-0.1, -0.05) is 35.4 Å². The van der Waals surface area contributed by atoms with Gasteiger partial charge in [0.05, 0.1) is 4.90 Å². The van der Waals surface area contributed by atoms with Crippen molar-refractivity contribution < 1.29 is 13.2 Å². The highest BCUT2D eigenvalue weighted by molar-refractivity contribution is 7.98. The number of aryl methyl sites for hydroxylation is 2.